The molecule has 0 bridgehead atoms. The van der Waals surface area contributed by atoms with Gasteiger partial charge in [0.15, 0.2) is 17.3 Å². The normalized spacial score (nSPS) is 10.9. The number of amides is 1. The third kappa shape index (κ3) is 4.19. The van der Waals surface area contributed by atoms with Crippen molar-refractivity contribution in [2.45, 2.75) is 6.54 Å². The van der Waals surface area contributed by atoms with E-state index in [1.807, 2.05) is 0 Å². The van der Waals surface area contributed by atoms with E-state index < -0.39 is 17.5 Å². The largest absolute Gasteiger partial charge is 0.355 e. The molecule has 1 N–H and O–H groups in total. The van der Waals surface area contributed by atoms with Gasteiger partial charge in [-0.05, 0) is 36.4 Å². The van der Waals surface area contributed by atoms with Crippen LogP contribution in [0, 0.1) is 11.6 Å². The molecule has 10 heteroatoms. The van der Waals surface area contributed by atoms with Crippen molar-refractivity contribution in [1.82, 2.24) is 14.9 Å². The van der Waals surface area contributed by atoms with E-state index in [9.17, 15) is 13.6 Å². The number of nitrogens with one attached hydrogen (secondary N) is 1. The quantitative estimate of drug-likeness (QED) is 0.442. The van der Waals surface area contributed by atoms with E-state index in [4.69, 9.17) is 27.7 Å². The second-order valence-electron chi connectivity index (χ2n) is 6.26. The SMILES string of the molecule is O=C(Nc1nn(Cc2c(F)cccc2Cl)cc1Cl)c1cc(-c2ccc(F)cc2)on1. The number of anilines is 1. The third-order valence-electron chi connectivity index (χ3n) is 4.20. The minimum atomic E-state index is -0.608. The number of aromatic nitrogens is 3. The maximum atomic E-state index is 14.0. The van der Waals surface area contributed by atoms with Crippen LogP contribution in [-0.2, 0) is 6.54 Å². The predicted molar refractivity (Wildman–Crippen MR) is 108 cm³/mol. The number of benzene rings is 2. The van der Waals surface area contributed by atoms with Gasteiger partial charge in [-0.3, -0.25) is 9.48 Å². The summed E-state index contributed by atoms with van der Waals surface area (Å²) >= 11 is 12.2. The van der Waals surface area contributed by atoms with Crippen molar-refractivity contribution >= 4 is 34.9 Å². The number of nitrogens with zero attached hydrogens (tertiary/aromatic N) is 3. The van der Waals surface area contributed by atoms with Crippen LogP contribution in [0.5, 0.6) is 0 Å². The molecule has 0 aliphatic heterocycles. The second kappa shape index (κ2) is 8.25. The number of halogens is 4. The zero-order chi connectivity index (χ0) is 21.3. The summed E-state index contributed by atoms with van der Waals surface area (Å²) < 4.78 is 33.5. The maximum Gasteiger partial charge on any atom is 0.279 e. The Balaban J connectivity index is 1.50. The van der Waals surface area contributed by atoms with Crippen LogP contribution in [0.1, 0.15) is 16.1 Å². The summed E-state index contributed by atoms with van der Waals surface area (Å²) in [6.07, 6.45) is 1.44. The van der Waals surface area contributed by atoms with Crippen molar-refractivity contribution in [2.75, 3.05) is 5.32 Å². The Hall–Kier alpha value is -3.23. The number of hydrogen-bond donors (Lipinski definition) is 1. The van der Waals surface area contributed by atoms with Crippen LogP contribution in [0.2, 0.25) is 10.0 Å². The van der Waals surface area contributed by atoms with Crippen molar-refractivity contribution in [3.05, 3.63) is 87.7 Å². The molecule has 6 nitrogen and oxygen atoms in total. The van der Waals surface area contributed by atoms with Crippen LogP contribution in [0.25, 0.3) is 11.3 Å². The van der Waals surface area contributed by atoms with Gasteiger partial charge in [0, 0.05) is 28.4 Å². The van der Waals surface area contributed by atoms with E-state index in [-0.39, 0.29) is 33.7 Å². The first-order valence-corrected chi connectivity index (χ1v) is 9.36. The second-order valence-corrected chi connectivity index (χ2v) is 7.08. The lowest BCUT2D eigenvalue weighted by molar-refractivity contribution is 0.101. The van der Waals surface area contributed by atoms with Gasteiger partial charge in [0.2, 0.25) is 0 Å². The first kappa shape index (κ1) is 20.1. The average Bonchev–Trinajstić information content (AvgIpc) is 3.33. The van der Waals surface area contributed by atoms with Gasteiger partial charge >= 0.3 is 0 Å². The molecule has 4 rings (SSSR count). The fourth-order valence-electron chi connectivity index (χ4n) is 2.71. The monoisotopic (exact) mass is 448 g/mol. The van der Waals surface area contributed by atoms with Crippen molar-refractivity contribution in [2.24, 2.45) is 0 Å². The topological polar surface area (TPSA) is 73.0 Å². The molecule has 152 valence electrons. The summed E-state index contributed by atoms with van der Waals surface area (Å²) in [7, 11) is 0. The van der Waals surface area contributed by atoms with Crippen LogP contribution in [0.4, 0.5) is 14.6 Å². The Morgan fingerprint density at radius 2 is 1.87 bits per heavy atom. The van der Waals surface area contributed by atoms with Gasteiger partial charge < -0.3 is 9.84 Å². The molecule has 0 aliphatic rings. The number of carbonyl (C=O) groups excluding carboxylic acids is 1. The molecule has 30 heavy (non-hydrogen) atoms. The Morgan fingerprint density at radius 3 is 2.60 bits per heavy atom. The van der Waals surface area contributed by atoms with E-state index >= 15 is 0 Å². The molecule has 2 aromatic carbocycles. The summed E-state index contributed by atoms with van der Waals surface area (Å²) in [5, 5.41) is 10.8. The van der Waals surface area contributed by atoms with Crippen molar-refractivity contribution < 1.29 is 18.1 Å². The van der Waals surface area contributed by atoms with Crippen molar-refractivity contribution in [1.29, 1.82) is 0 Å². The summed E-state index contributed by atoms with van der Waals surface area (Å²) in [4.78, 5) is 12.5. The number of hydrogen-bond acceptors (Lipinski definition) is 4. The third-order valence-corrected chi connectivity index (χ3v) is 4.83. The predicted octanol–water partition coefficient (Wildman–Crippen LogP) is 5.42. The van der Waals surface area contributed by atoms with Crippen LogP contribution in [-0.4, -0.2) is 20.8 Å². The molecule has 4 aromatic rings. The Morgan fingerprint density at radius 1 is 1.10 bits per heavy atom. The molecule has 0 atom stereocenters. The van der Waals surface area contributed by atoms with Crippen LogP contribution < -0.4 is 5.32 Å². The Kier molecular flexibility index (Phi) is 5.52. The molecule has 0 saturated heterocycles. The zero-order valence-corrected chi connectivity index (χ0v) is 16.6. The highest BCUT2D eigenvalue weighted by Gasteiger charge is 2.18. The minimum Gasteiger partial charge on any atom is -0.355 e. The van der Waals surface area contributed by atoms with E-state index in [1.54, 1.807) is 6.07 Å². The van der Waals surface area contributed by atoms with E-state index in [2.05, 4.69) is 15.6 Å². The van der Waals surface area contributed by atoms with Crippen LogP contribution in [0.3, 0.4) is 0 Å². The summed E-state index contributed by atoms with van der Waals surface area (Å²) in [6.45, 7) is 0.0276. The minimum absolute atomic E-state index is 0.0166. The van der Waals surface area contributed by atoms with Crippen LogP contribution >= 0.6 is 23.2 Å². The van der Waals surface area contributed by atoms with Gasteiger partial charge in [0.05, 0.1) is 6.54 Å². The highest BCUT2D eigenvalue weighted by atomic mass is 35.5. The van der Waals surface area contributed by atoms with E-state index in [0.29, 0.717) is 11.3 Å². The van der Waals surface area contributed by atoms with Crippen LogP contribution in [0.15, 0.2) is 59.3 Å². The maximum absolute atomic E-state index is 14.0. The molecular weight excluding hydrogens is 437 g/mol. The molecular formula is C20H12Cl2F2N4O2. The van der Waals surface area contributed by atoms with E-state index in [0.717, 1.165) is 0 Å². The first-order chi connectivity index (χ1) is 14.4. The van der Waals surface area contributed by atoms with Gasteiger partial charge in [-0.25, -0.2) is 8.78 Å². The Bertz CT molecular complexity index is 1200. The molecule has 0 radical (unpaired) electrons. The highest BCUT2D eigenvalue weighted by Crippen LogP contribution is 2.25. The van der Waals surface area contributed by atoms with Gasteiger partial charge in [-0.2, -0.15) is 5.10 Å². The highest BCUT2D eigenvalue weighted by molar-refractivity contribution is 6.33. The summed E-state index contributed by atoms with van der Waals surface area (Å²) in [5.41, 5.74) is 0.792. The molecule has 0 fully saturated rings. The molecule has 2 heterocycles. The molecule has 0 aliphatic carbocycles. The summed E-state index contributed by atoms with van der Waals surface area (Å²) in [6, 6.07) is 11.3. The van der Waals surface area contributed by atoms with E-state index in [1.165, 1.54) is 53.3 Å². The lowest BCUT2D eigenvalue weighted by Crippen LogP contribution is -2.13. The number of carbonyl (C=O) groups is 1. The fourth-order valence-corrected chi connectivity index (χ4v) is 3.13. The lowest BCUT2D eigenvalue weighted by Gasteiger charge is -2.05. The molecule has 0 saturated carbocycles. The van der Waals surface area contributed by atoms with Gasteiger partial charge in [0.25, 0.3) is 5.91 Å². The fraction of sp³-hybridized carbons (Fsp3) is 0.0500. The average molecular weight is 449 g/mol. The number of rotatable bonds is 5. The van der Waals surface area contributed by atoms with Gasteiger partial charge in [-0.1, -0.05) is 34.4 Å². The summed E-state index contributed by atoms with van der Waals surface area (Å²) in [5.74, 6) is -1.11. The molecule has 1 amide bonds. The first-order valence-electron chi connectivity index (χ1n) is 8.60. The lowest BCUT2D eigenvalue weighted by atomic mass is 10.1. The van der Waals surface area contributed by atoms with Crippen molar-refractivity contribution in [3.63, 3.8) is 0 Å². The smallest absolute Gasteiger partial charge is 0.279 e. The molecule has 2 aromatic heterocycles. The Labute approximate surface area is 179 Å². The van der Waals surface area contributed by atoms with Gasteiger partial charge in [0.1, 0.15) is 16.7 Å². The molecule has 0 unspecified atom stereocenters. The van der Waals surface area contributed by atoms with Gasteiger partial charge in [-0.15, -0.1) is 0 Å². The standard InChI is InChI=1S/C20H12Cl2F2N4O2/c21-14-2-1-3-16(24)13(14)9-28-10-15(22)19(26-28)25-20(29)17-8-18(30-27-17)11-4-6-12(23)7-5-11/h1-8,10H,9H2,(H,25,26,29). The van der Waals surface area contributed by atoms with Crippen molar-refractivity contribution in [3.8, 4) is 11.3 Å². The molecule has 0 spiro atoms. The zero-order valence-electron chi connectivity index (χ0n) is 15.1.